The molecule has 1 aromatic heterocycles. The highest BCUT2D eigenvalue weighted by Crippen LogP contribution is 2.29. The minimum atomic E-state index is -3.55. The van der Waals surface area contributed by atoms with E-state index in [1.807, 2.05) is 18.2 Å². The number of carbonyl (C=O) groups is 1. The maximum atomic E-state index is 13.0. The number of nitrogens with zero attached hydrogens (tertiary/aromatic N) is 1. The summed E-state index contributed by atoms with van der Waals surface area (Å²) in [6, 6.07) is 10.7. The van der Waals surface area contributed by atoms with E-state index in [-0.39, 0.29) is 18.6 Å². The quantitative estimate of drug-likeness (QED) is 0.675. The van der Waals surface area contributed by atoms with E-state index in [4.69, 9.17) is 9.47 Å². The fraction of sp³-hybridized carbons (Fsp3) is 0.500. The smallest absolute Gasteiger partial charge is 0.252 e. The summed E-state index contributed by atoms with van der Waals surface area (Å²) in [5.74, 6) is 0.0122. The lowest BCUT2D eigenvalue weighted by Gasteiger charge is -2.31. The van der Waals surface area contributed by atoms with Crippen molar-refractivity contribution in [2.45, 2.75) is 42.4 Å². The van der Waals surface area contributed by atoms with E-state index >= 15 is 0 Å². The number of piperidine rings is 1. The third-order valence-electron chi connectivity index (χ3n) is 5.69. The summed E-state index contributed by atoms with van der Waals surface area (Å²) >= 11 is 1.20. The molecule has 168 valence electrons. The van der Waals surface area contributed by atoms with Crippen LogP contribution in [-0.4, -0.2) is 51.0 Å². The standard InChI is InChI=1S/C22H28N2O5S2/c25-22(17-7-5-12-24(15-17)31(26,27)21-11-6-14-30-21)23-19-9-1-2-10-20(19)29-16-18-8-3-4-13-28-18/h1-2,6,9-11,14,17-18H,3-5,7-8,12-13,15-16H2,(H,23,25). The molecule has 0 bridgehead atoms. The van der Waals surface area contributed by atoms with Crippen LogP contribution in [0.4, 0.5) is 5.69 Å². The molecule has 2 aliphatic heterocycles. The van der Waals surface area contributed by atoms with Crippen molar-refractivity contribution in [2.24, 2.45) is 5.92 Å². The number of rotatable bonds is 7. The average Bonchev–Trinajstić information content (AvgIpc) is 3.35. The summed E-state index contributed by atoms with van der Waals surface area (Å²) in [6.07, 6.45) is 4.58. The molecule has 2 fully saturated rings. The van der Waals surface area contributed by atoms with Gasteiger partial charge in [0.05, 0.1) is 17.7 Å². The lowest BCUT2D eigenvalue weighted by Crippen LogP contribution is -2.43. The second-order valence-electron chi connectivity index (χ2n) is 7.92. The molecule has 1 amide bonds. The molecule has 7 nitrogen and oxygen atoms in total. The third-order valence-corrected chi connectivity index (χ3v) is 8.93. The van der Waals surface area contributed by atoms with E-state index in [1.165, 1.54) is 15.6 Å². The summed E-state index contributed by atoms with van der Waals surface area (Å²) in [7, 11) is -3.55. The van der Waals surface area contributed by atoms with Crippen molar-refractivity contribution in [3.63, 3.8) is 0 Å². The molecule has 0 aliphatic carbocycles. The minimum absolute atomic E-state index is 0.0758. The maximum Gasteiger partial charge on any atom is 0.252 e. The molecule has 2 aromatic rings. The molecule has 31 heavy (non-hydrogen) atoms. The van der Waals surface area contributed by atoms with Gasteiger partial charge in [0, 0.05) is 19.7 Å². The van der Waals surface area contributed by atoms with Crippen molar-refractivity contribution in [3.8, 4) is 5.75 Å². The van der Waals surface area contributed by atoms with Crippen LogP contribution in [0.15, 0.2) is 46.0 Å². The number of anilines is 1. The zero-order chi connectivity index (χ0) is 21.7. The second kappa shape index (κ2) is 10.1. The average molecular weight is 465 g/mol. The van der Waals surface area contributed by atoms with Crippen LogP contribution in [0.1, 0.15) is 32.1 Å². The van der Waals surface area contributed by atoms with Gasteiger partial charge in [0.15, 0.2) is 0 Å². The molecule has 1 N–H and O–H groups in total. The Bertz CT molecular complexity index is 972. The molecule has 3 heterocycles. The van der Waals surface area contributed by atoms with Gasteiger partial charge in [0.2, 0.25) is 5.91 Å². The Kier molecular flexibility index (Phi) is 7.27. The first-order valence-electron chi connectivity index (χ1n) is 10.7. The maximum absolute atomic E-state index is 13.0. The van der Waals surface area contributed by atoms with Crippen LogP contribution in [0.3, 0.4) is 0 Å². The first kappa shape index (κ1) is 22.3. The van der Waals surface area contributed by atoms with Crippen LogP contribution in [-0.2, 0) is 19.6 Å². The molecule has 2 unspecified atom stereocenters. The summed E-state index contributed by atoms with van der Waals surface area (Å²) in [4.78, 5) is 13.0. The van der Waals surface area contributed by atoms with Gasteiger partial charge < -0.3 is 14.8 Å². The Morgan fingerprint density at radius 1 is 1.16 bits per heavy atom. The zero-order valence-corrected chi connectivity index (χ0v) is 19.0. The molecule has 9 heteroatoms. The number of carbonyl (C=O) groups excluding carboxylic acids is 1. The predicted molar refractivity (Wildman–Crippen MR) is 120 cm³/mol. The van der Waals surface area contributed by atoms with Crippen molar-refractivity contribution in [1.29, 1.82) is 0 Å². The van der Waals surface area contributed by atoms with Gasteiger partial charge in [-0.2, -0.15) is 4.31 Å². The summed E-state index contributed by atoms with van der Waals surface area (Å²) in [5.41, 5.74) is 0.599. The highest BCUT2D eigenvalue weighted by molar-refractivity contribution is 7.91. The predicted octanol–water partition coefficient (Wildman–Crippen LogP) is 3.74. The molecule has 2 atom stereocenters. The van der Waals surface area contributed by atoms with Gasteiger partial charge in [0.1, 0.15) is 16.6 Å². The lowest BCUT2D eigenvalue weighted by atomic mass is 9.98. The van der Waals surface area contributed by atoms with Gasteiger partial charge in [-0.15, -0.1) is 11.3 Å². The highest BCUT2D eigenvalue weighted by Gasteiger charge is 2.34. The normalized spacial score (nSPS) is 22.7. The van der Waals surface area contributed by atoms with E-state index in [9.17, 15) is 13.2 Å². The Labute approximate surface area is 187 Å². The number of nitrogens with one attached hydrogen (secondary N) is 1. The number of hydrogen-bond donors (Lipinski definition) is 1. The first-order chi connectivity index (χ1) is 15.0. The molecule has 0 spiro atoms. The topological polar surface area (TPSA) is 84.9 Å². The summed E-state index contributed by atoms with van der Waals surface area (Å²) in [5, 5.41) is 4.70. The number of benzene rings is 1. The van der Waals surface area contributed by atoms with E-state index in [0.717, 1.165) is 25.9 Å². The van der Waals surface area contributed by atoms with Gasteiger partial charge in [-0.05, 0) is 55.7 Å². The second-order valence-corrected chi connectivity index (χ2v) is 11.0. The zero-order valence-electron chi connectivity index (χ0n) is 17.4. The number of amides is 1. The fourth-order valence-corrected chi connectivity index (χ4v) is 6.63. The van der Waals surface area contributed by atoms with Crippen molar-refractivity contribution in [2.75, 3.05) is 31.6 Å². The molecule has 2 saturated heterocycles. The Balaban J connectivity index is 1.39. The van der Waals surface area contributed by atoms with E-state index in [2.05, 4.69) is 5.32 Å². The third kappa shape index (κ3) is 5.46. The summed E-state index contributed by atoms with van der Waals surface area (Å²) < 4.78 is 39.1. The number of ether oxygens (including phenoxy) is 2. The molecule has 0 radical (unpaired) electrons. The lowest BCUT2D eigenvalue weighted by molar-refractivity contribution is -0.120. The van der Waals surface area contributed by atoms with Crippen molar-refractivity contribution < 1.29 is 22.7 Å². The molecule has 2 aliphatic rings. The van der Waals surface area contributed by atoms with Gasteiger partial charge >= 0.3 is 0 Å². The van der Waals surface area contributed by atoms with Crippen molar-refractivity contribution in [3.05, 3.63) is 41.8 Å². The van der Waals surface area contributed by atoms with Crippen LogP contribution in [0.25, 0.3) is 0 Å². The molecule has 4 rings (SSSR count). The van der Waals surface area contributed by atoms with Crippen molar-refractivity contribution >= 4 is 33.0 Å². The Hall–Kier alpha value is -1.94. The number of hydrogen-bond acceptors (Lipinski definition) is 6. The fourth-order valence-electron chi connectivity index (χ4n) is 3.96. The molecular formula is C22H28N2O5S2. The number of para-hydroxylation sites is 2. The van der Waals surface area contributed by atoms with E-state index in [0.29, 0.717) is 41.6 Å². The minimum Gasteiger partial charge on any atom is -0.489 e. The summed E-state index contributed by atoms with van der Waals surface area (Å²) in [6.45, 7) is 1.83. The van der Waals surface area contributed by atoms with E-state index < -0.39 is 15.9 Å². The van der Waals surface area contributed by atoms with Gasteiger partial charge in [0.25, 0.3) is 10.0 Å². The van der Waals surface area contributed by atoms with E-state index in [1.54, 1.807) is 23.6 Å². The van der Waals surface area contributed by atoms with Gasteiger partial charge in [-0.1, -0.05) is 18.2 Å². The Morgan fingerprint density at radius 2 is 2.03 bits per heavy atom. The monoisotopic (exact) mass is 464 g/mol. The van der Waals surface area contributed by atoms with Crippen LogP contribution < -0.4 is 10.1 Å². The van der Waals surface area contributed by atoms with Crippen LogP contribution in [0.5, 0.6) is 5.75 Å². The number of thiophene rings is 1. The van der Waals surface area contributed by atoms with Gasteiger partial charge in [-0.25, -0.2) is 8.42 Å². The highest BCUT2D eigenvalue weighted by atomic mass is 32.2. The first-order valence-corrected chi connectivity index (χ1v) is 13.0. The Morgan fingerprint density at radius 3 is 2.81 bits per heavy atom. The SMILES string of the molecule is O=C(Nc1ccccc1OCC1CCCCO1)C1CCCN(S(=O)(=O)c2cccs2)C1. The molecular weight excluding hydrogens is 436 g/mol. The molecule has 0 saturated carbocycles. The van der Waals surface area contributed by atoms with Gasteiger partial charge in [-0.3, -0.25) is 4.79 Å². The largest absolute Gasteiger partial charge is 0.489 e. The number of sulfonamides is 1. The van der Waals surface area contributed by atoms with Crippen LogP contribution in [0.2, 0.25) is 0 Å². The van der Waals surface area contributed by atoms with Crippen LogP contribution >= 0.6 is 11.3 Å². The van der Waals surface area contributed by atoms with Crippen molar-refractivity contribution in [1.82, 2.24) is 4.31 Å². The molecule has 1 aromatic carbocycles. The van der Waals surface area contributed by atoms with Crippen LogP contribution in [0, 0.1) is 5.92 Å².